The number of rotatable bonds is 8. The van der Waals surface area contributed by atoms with Gasteiger partial charge in [-0.2, -0.15) is 0 Å². The van der Waals surface area contributed by atoms with E-state index >= 15 is 0 Å². The van der Waals surface area contributed by atoms with Gasteiger partial charge in [0.15, 0.2) is 0 Å². The summed E-state index contributed by atoms with van der Waals surface area (Å²) in [6.07, 6.45) is -0.626. The van der Waals surface area contributed by atoms with Gasteiger partial charge in [-0.1, -0.05) is 0 Å². The molecule has 0 bridgehead atoms. The molecule has 1 unspecified atom stereocenters. The Kier molecular flexibility index (Phi) is 7.19. The maximum atomic E-state index is 12.8. The van der Waals surface area contributed by atoms with Crippen LogP contribution in [0.3, 0.4) is 0 Å². The van der Waals surface area contributed by atoms with E-state index in [2.05, 4.69) is 21.2 Å². The van der Waals surface area contributed by atoms with E-state index in [-0.39, 0.29) is 12.4 Å². The third-order valence-corrected chi connectivity index (χ3v) is 2.81. The lowest BCUT2D eigenvalue weighted by molar-refractivity contribution is 0.103. The van der Waals surface area contributed by atoms with Gasteiger partial charge in [0.1, 0.15) is 24.3 Å². The van der Waals surface area contributed by atoms with Crippen LogP contribution in [0.4, 0.5) is 4.39 Å². The van der Waals surface area contributed by atoms with Crippen LogP contribution in [-0.2, 0) is 4.74 Å². The lowest BCUT2D eigenvalue weighted by Gasteiger charge is -2.14. The molecule has 0 aliphatic rings. The maximum absolute atomic E-state index is 12.8. The van der Waals surface area contributed by atoms with E-state index in [0.29, 0.717) is 29.9 Å². The minimum atomic E-state index is -0.626. The molecule has 0 radical (unpaired) electrons. The molecule has 1 rings (SSSR count). The van der Waals surface area contributed by atoms with Crippen molar-refractivity contribution in [2.24, 2.45) is 0 Å². The number of halogens is 2. The Morgan fingerprint density at radius 2 is 2.28 bits per heavy atom. The molecule has 0 aliphatic heterocycles. The average molecular weight is 322 g/mol. The summed E-state index contributed by atoms with van der Waals surface area (Å²) < 4.78 is 23.6. The van der Waals surface area contributed by atoms with Gasteiger partial charge in [0.05, 0.1) is 11.1 Å². The minimum Gasteiger partial charge on any atom is -0.490 e. The summed E-state index contributed by atoms with van der Waals surface area (Å²) in [5, 5.41) is 12.7. The van der Waals surface area contributed by atoms with Crippen molar-refractivity contribution in [3.63, 3.8) is 0 Å². The monoisotopic (exact) mass is 321 g/mol. The molecule has 6 heteroatoms. The summed E-state index contributed by atoms with van der Waals surface area (Å²) in [5.74, 6) is 0.170. The van der Waals surface area contributed by atoms with Crippen molar-refractivity contribution in [1.29, 1.82) is 0 Å². The van der Waals surface area contributed by atoms with Crippen molar-refractivity contribution in [3.05, 3.63) is 28.5 Å². The Hall–Kier alpha value is -0.690. The van der Waals surface area contributed by atoms with E-state index in [0.717, 1.165) is 0 Å². The standard InChI is InChI=1S/C12H17BrFNO3/c1-17-5-4-15-7-10(16)8-18-12-3-2-9(14)6-11(12)13/h2-3,6,10,15-16H,4-5,7-8H2,1H3. The van der Waals surface area contributed by atoms with Crippen molar-refractivity contribution in [2.45, 2.75) is 6.10 Å². The highest BCUT2D eigenvalue weighted by Gasteiger charge is 2.07. The first-order chi connectivity index (χ1) is 8.63. The molecule has 0 saturated heterocycles. The number of aliphatic hydroxyl groups excluding tert-OH is 1. The SMILES string of the molecule is COCCNCC(O)COc1ccc(F)cc1Br. The molecule has 0 saturated carbocycles. The van der Waals surface area contributed by atoms with Crippen LogP contribution in [0.1, 0.15) is 0 Å². The number of nitrogens with one attached hydrogen (secondary N) is 1. The molecule has 0 aliphatic carbocycles. The Bertz CT molecular complexity index is 365. The molecule has 1 atom stereocenters. The highest BCUT2D eigenvalue weighted by atomic mass is 79.9. The van der Waals surface area contributed by atoms with Crippen LogP contribution < -0.4 is 10.1 Å². The first kappa shape index (κ1) is 15.4. The summed E-state index contributed by atoms with van der Waals surface area (Å²) in [6.45, 7) is 1.83. The molecule has 1 aromatic carbocycles. The quantitative estimate of drug-likeness (QED) is 0.714. The Balaban J connectivity index is 2.27. The molecule has 102 valence electrons. The van der Waals surface area contributed by atoms with Crippen LogP contribution in [-0.4, -0.2) is 44.6 Å². The molecule has 18 heavy (non-hydrogen) atoms. The molecule has 0 amide bonds. The van der Waals surface area contributed by atoms with Crippen molar-refractivity contribution in [2.75, 3.05) is 33.4 Å². The summed E-state index contributed by atoms with van der Waals surface area (Å²) in [5.41, 5.74) is 0. The van der Waals surface area contributed by atoms with E-state index in [1.807, 2.05) is 0 Å². The molecule has 1 aromatic rings. The van der Waals surface area contributed by atoms with Gasteiger partial charge in [0, 0.05) is 20.2 Å². The van der Waals surface area contributed by atoms with Crippen molar-refractivity contribution < 1.29 is 19.0 Å². The van der Waals surface area contributed by atoms with Gasteiger partial charge in [0.2, 0.25) is 0 Å². The Morgan fingerprint density at radius 3 is 2.94 bits per heavy atom. The van der Waals surface area contributed by atoms with Gasteiger partial charge in [-0.15, -0.1) is 0 Å². The van der Waals surface area contributed by atoms with Crippen molar-refractivity contribution >= 4 is 15.9 Å². The third kappa shape index (κ3) is 5.77. The van der Waals surface area contributed by atoms with Gasteiger partial charge < -0.3 is 19.9 Å². The minimum absolute atomic E-state index is 0.143. The van der Waals surface area contributed by atoms with E-state index < -0.39 is 6.10 Å². The largest absolute Gasteiger partial charge is 0.490 e. The molecule has 0 fully saturated rings. The van der Waals surface area contributed by atoms with Crippen LogP contribution in [0.2, 0.25) is 0 Å². The van der Waals surface area contributed by atoms with Gasteiger partial charge in [-0.3, -0.25) is 0 Å². The van der Waals surface area contributed by atoms with Gasteiger partial charge in [-0.25, -0.2) is 4.39 Å². The zero-order valence-corrected chi connectivity index (χ0v) is 11.7. The smallest absolute Gasteiger partial charge is 0.133 e. The second kappa shape index (κ2) is 8.42. The summed E-state index contributed by atoms with van der Waals surface area (Å²) in [4.78, 5) is 0. The predicted molar refractivity (Wildman–Crippen MR) is 70.3 cm³/mol. The summed E-state index contributed by atoms with van der Waals surface area (Å²) in [7, 11) is 1.62. The fourth-order valence-corrected chi connectivity index (χ4v) is 1.75. The van der Waals surface area contributed by atoms with Crippen LogP contribution in [0.5, 0.6) is 5.75 Å². The van der Waals surface area contributed by atoms with Crippen molar-refractivity contribution in [3.8, 4) is 5.75 Å². The highest BCUT2D eigenvalue weighted by Crippen LogP contribution is 2.25. The van der Waals surface area contributed by atoms with E-state index in [4.69, 9.17) is 9.47 Å². The highest BCUT2D eigenvalue weighted by molar-refractivity contribution is 9.10. The number of hydrogen-bond donors (Lipinski definition) is 2. The lowest BCUT2D eigenvalue weighted by atomic mass is 10.3. The second-order valence-corrected chi connectivity index (χ2v) is 4.59. The Labute approximate surface area is 114 Å². The topological polar surface area (TPSA) is 50.7 Å². The number of ether oxygens (including phenoxy) is 2. The second-order valence-electron chi connectivity index (χ2n) is 3.74. The normalized spacial score (nSPS) is 12.4. The lowest BCUT2D eigenvalue weighted by Crippen LogP contribution is -2.33. The first-order valence-electron chi connectivity index (χ1n) is 5.59. The van der Waals surface area contributed by atoms with E-state index in [1.54, 1.807) is 7.11 Å². The summed E-state index contributed by atoms with van der Waals surface area (Å²) >= 11 is 3.19. The van der Waals surface area contributed by atoms with Crippen LogP contribution in [0, 0.1) is 5.82 Å². The third-order valence-electron chi connectivity index (χ3n) is 2.19. The van der Waals surface area contributed by atoms with E-state index in [1.165, 1.54) is 18.2 Å². The maximum Gasteiger partial charge on any atom is 0.133 e. The number of aliphatic hydroxyl groups is 1. The summed E-state index contributed by atoms with van der Waals surface area (Å²) in [6, 6.07) is 4.15. The fourth-order valence-electron chi connectivity index (χ4n) is 1.28. The molecule has 0 spiro atoms. The van der Waals surface area contributed by atoms with Crippen LogP contribution in [0.25, 0.3) is 0 Å². The predicted octanol–water partition coefficient (Wildman–Crippen LogP) is 1.56. The van der Waals surface area contributed by atoms with Gasteiger partial charge >= 0.3 is 0 Å². The molecule has 0 aromatic heterocycles. The number of hydrogen-bond acceptors (Lipinski definition) is 4. The van der Waals surface area contributed by atoms with Crippen LogP contribution >= 0.6 is 15.9 Å². The zero-order valence-electron chi connectivity index (χ0n) is 10.2. The zero-order chi connectivity index (χ0) is 13.4. The first-order valence-corrected chi connectivity index (χ1v) is 6.38. The molecule has 2 N–H and O–H groups in total. The van der Waals surface area contributed by atoms with E-state index in [9.17, 15) is 9.50 Å². The Morgan fingerprint density at radius 1 is 1.50 bits per heavy atom. The number of benzene rings is 1. The fraction of sp³-hybridized carbons (Fsp3) is 0.500. The average Bonchev–Trinajstić information content (AvgIpc) is 2.33. The molecular formula is C12H17BrFNO3. The molecule has 0 heterocycles. The van der Waals surface area contributed by atoms with Gasteiger partial charge in [-0.05, 0) is 34.1 Å². The van der Waals surface area contributed by atoms with Crippen LogP contribution in [0.15, 0.2) is 22.7 Å². The molecule has 4 nitrogen and oxygen atoms in total. The molecular weight excluding hydrogens is 305 g/mol. The van der Waals surface area contributed by atoms with Gasteiger partial charge in [0.25, 0.3) is 0 Å². The number of methoxy groups -OCH3 is 1. The van der Waals surface area contributed by atoms with Crippen molar-refractivity contribution in [1.82, 2.24) is 5.32 Å².